The van der Waals surface area contributed by atoms with E-state index in [1.54, 1.807) is 12.1 Å². The molecule has 2 aromatic rings. The predicted molar refractivity (Wildman–Crippen MR) is 151 cm³/mol. The molecule has 2 aromatic carbocycles. The molecule has 37 heavy (non-hydrogen) atoms. The normalized spacial score (nSPS) is 11.8. The summed E-state index contributed by atoms with van der Waals surface area (Å²) in [7, 11) is -2.21. The van der Waals surface area contributed by atoms with E-state index in [0.29, 0.717) is 17.1 Å². The number of hydrogen-bond donors (Lipinski definition) is 1. The van der Waals surface area contributed by atoms with Crippen molar-refractivity contribution in [3.05, 3.63) is 53.1 Å². The Bertz CT molecular complexity index is 993. The van der Waals surface area contributed by atoms with Crippen LogP contribution in [0.1, 0.15) is 29.5 Å². The summed E-state index contributed by atoms with van der Waals surface area (Å²) >= 11 is 10.6. The van der Waals surface area contributed by atoms with Gasteiger partial charge in [-0.3, -0.25) is 0 Å². The van der Waals surface area contributed by atoms with E-state index in [1.165, 1.54) is 7.11 Å². The van der Waals surface area contributed by atoms with Crippen LogP contribution in [-0.4, -0.2) is 39.7 Å². The van der Waals surface area contributed by atoms with Crippen LogP contribution >= 0.6 is 23.2 Å². The third-order valence-corrected chi connectivity index (χ3v) is 13.6. The molecule has 0 aliphatic heterocycles. The number of rotatable bonds is 14. The van der Waals surface area contributed by atoms with Crippen LogP contribution in [0.4, 0.5) is 9.59 Å². The first-order chi connectivity index (χ1) is 17.3. The third-order valence-electron chi connectivity index (χ3n) is 5.94. The molecule has 0 aliphatic carbocycles. The number of halogens is 2. The molecular weight excluding hydrogens is 551 g/mol. The van der Waals surface area contributed by atoms with Crippen LogP contribution in [0, 0.1) is 0 Å². The van der Waals surface area contributed by atoms with Crippen molar-refractivity contribution in [3.63, 3.8) is 0 Å². The topological polar surface area (TPSA) is 91.3 Å². The fourth-order valence-electron chi connectivity index (χ4n) is 4.42. The molecule has 0 heterocycles. The predicted octanol–water partition coefficient (Wildman–Crippen LogP) is 7.65. The quantitative estimate of drug-likeness (QED) is 0.179. The zero-order valence-corrected chi connectivity index (χ0v) is 25.6. The molecule has 2 rings (SSSR count). The zero-order valence-electron chi connectivity index (χ0n) is 22.1. The van der Waals surface area contributed by atoms with Crippen LogP contribution in [0.2, 0.25) is 38.3 Å². The van der Waals surface area contributed by atoms with Crippen molar-refractivity contribution in [1.29, 1.82) is 0 Å². The van der Waals surface area contributed by atoms with Gasteiger partial charge in [-0.15, -0.1) is 0 Å². The highest BCUT2D eigenvalue weighted by Gasteiger charge is 2.32. The second-order valence-electron chi connectivity index (χ2n) is 10.1. The Labute approximate surface area is 231 Å². The highest BCUT2D eigenvalue weighted by molar-refractivity contribution is 6.84. The minimum Gasteiger partial charge on any atom is -0.493 e. The number of benzene rings is 2. The van der Waals surface area contributed by atoms with E-state index >= 15 is 0 Å². The van der Waals surface area contributed by atoms with Gasteiger partial charge in [0.05, 0.1) is 13.7 Å². The number of aliphatic hydroxyl groups is 1. The van der Waals surface area contributed by atoms with Gasteiger partial charge in [-0.1, -0.05) is 12.1 Å². The van der Waals surface area contributed by atoms with Crippen molar-refractivity contribution in [2.45, 2.75) is 70.6 Å². The lowest BCUT2D eigenvalue weighted by Crippen LogP contribution is -2.44. The standard InChI is InChI=1S/C26H36Cl2O7Si2/c1-32-24-17-20(11-13-23(24)34-26(28)31)9-7-15-37(4,5)35-36(2,3)14-6-8-19-10-12-22(33-25(27)30)21(16-19)18-29/h10-13,16-17,29H,6-9,14-15,18H2,1-5H3. The van der Waals surface area contributed by atoms with Crippen molar-refractivity contribution in [3.8, 4) is 17.2 Å². The molecule has 0 amide bonds. The maximum atomic E-state index is 11.0. The highest BCUT2D eigenvalue weighted by Crippen LogP contribution is 2.31. The Morgan fingerprint density at radius 2 is 1.27 bits per heavy atom. The Morgan fingerprint density at radius 1 is 0.784 bits per heavy atom. The van der Waals surface area contributed by atoms with E-state index in [4.69, 9.17) is 41.5 Å². The summed E-state index contributed by atoms with van der Waals surface area (Å²) in [5.74, 6) is 1.07. The fraction of sp³-hybridized carbons (Fsp3) is 0.462. The van der Waals surface area contributed by atoms with E-state index in [1.807, 2.05) is 24.3 Å². The second-order valence-corrected chi connectivity index (χ2v) is 19.6. The van der Waals surface area contributed by atoms with Gasteiger partial charge in [0.2, 0.25) is 0 Å². The van der Waals surface area contributed by atoms with Gasteiger partial charge < -0.3 is 23.4 Å². The minimum atomic E-state index is -1.87. The summed E-state index contributed by atoms with van der Waals surface area (Å²) < 4.78 is 22.0. The lowest BCUT2D eigenvalue weighted by Gasteiger charge is -2.34. The molecule has 0 atom stereocenters. The van der Waals surface area contributed by atoms with Gasteiger partial charge >= 0.3 is 10.9 Å². The van der Waals surface area contributed by atoms with E-state index in [0.717, 1.165) is 48.9 Å². The molecule has 0 spiro atoms. The van der Waals surface area contributed by atoms with Crippen LogP contribution in [0.15, 0.2) is 36.4 Å². The maximum absolute atomic E-state index is 11.0. The number of ether oxygens (including phenoxy) is 3. The monoisotopic (exact) mass is 586 g/mol. The summed E-state index contributed by atoms with van der Waals surface area (Å²) in [5.41, 5.74) is 0.889. The summed E-state index contributed by atoms with van der Waals surface area (Å²) in [6.07, 6.45) is 3.68. The highest BCUT2D eigenvalue weighted by atomic mass is 35.5. The fourth-order valence-corrected chi connectivity index (χ4v) is 13.4. The molecule has 0 saturated heterocycles. The van der Waals surface area contributed by atoms with Gasteiger partial charge in [0, 0.05) is 28.8 Å². The van der Waals surface area contributed by atoms with Crippen LogP contribution in [-0.2, 0) is 23.6 Å². The third kappa shape index (κ3) is 11.2. The molecule has 7 nitrogen and oxygen atoms in total. The Hall–Kier alpha value is -1.89. The molecule has 0 aliphatic rings. The van der Waals surface area contributed by atoms with Crippen LogP contribution < -0.4 is 14.2 Å². The molecule has 0 fully saturated rings. The number of carbonyl (C=O) groups excluding carboxylic acids is 2. The van der Waals surface area contributed by atoms with E-state index < -0.39 is 27.5 Å². The van der Waals surface area contributed by atoms with Crippen molar-refractivity contribution >= 4 is 50.7 Å². The van der Waals surface area contributed by atoms with Crippen molar-refractivity contribution in [2.75, 3.05) is 7.11 Å². The molecule has 0 unspecified atom stereocenters. The minimum absolute atomic E-state index is 0.228. The summed E-state index contributed by atoms with van der Waals surface area (Å²) in [6, 6.07) is 13.0. The molecule has 0 aromatic heterocycles. The average molecular weight is 588 g/mol. The molecule has 0 radical (unpaired) electrons. The van der Waals surface area contributed by atoms with Gasteiger partial charge in [0.25, 0.3) is 0 Å². The van der Waals surface area contributed by atoms with Gasteiger partial charge in [-0.05, 0) is 99.4 Å². The van der Waals surface area contributed by atoms with Crippen molar-refractivity contribution < 1.29 is 33.0 Å². The lowest BCUT2D eigenvalue weighted by atomic mass is 10.1. The molecule has 204 valence electrons. The maximum Gasteiger partial charge on any atom is 0.409 e. The first kappa shape index (κ1) is 31.3. The summed E-state index contributed by atoms with van der Waals surface area (Å²) in [4.78, 5) is 22.0. The van der Waals surface area contributed by atoms with E-state index in [9.17, 15) is 14.7 Å². The number of aliphatic hydroxyl groups excluding tert-OH is 1. The Morgan fingerprint density at radius 3 is 1.76 bits per heavy atom. The first-order valence-electron chi connectivity index (χ1n) is 12.2. The lowest BCUT2D eigenvalue weighted by molar-refractivity contribution is 0.222. The van der Waals surface area contributed by atoms with Gasteiger partial charge in [-0.25, -0.2) is 9.59 Å². The van der Waals surface area contributed by atoms with Crippen LogP contribution in [0.3, 0.4) is 0 Å². The Kier molecular flexibility index (Phi) is 12.1. The molecule has 11 heteroatoms. The number of carbonyl (C=O) groups is 2. The number of methoxy groups -OCH3 is 1. The van der Waals surface area contributed by atoms with Crippen molar-refractivity contribution in [1.82, 2.24) is 0 Å². The SMILES string of the molecule is COc1cc(CCC[Si](C)(C)O[Si](C)(C)CCCc2ccc(OC(=O)Cl)c(CO)c2)ccc1OC(=O)Cl. The van der Waals surface area contributed by atoms with Crippen molar-refractivity contribution in [2.24, 2.45) is 0 Å². The van der Waals surface area contributed by atoms with E-state index in [2.05, 4.69) is 26.2 Å². The summed E-state index contributed by atoms with van der Waals surface area (Å²) in [6.45, 7) is 8.86. The smallest absolute Gasteiger partial charge is 0.409 e. The largest absolute Gasteiger partial charge is 0.493 e. The molecule has 1 N–H and O–H groups in total. The molecular formula is C26H36Cl2O7Si2. The molecule has 0 saturated carbocycles. The van der Waals surface area contributed by atoms with Gasteiger partial charge in [0.15, 0.2) is 28.1 Å². The second kappa shape index (κ2) is 14.3. The van der Waals surface area contributed by atoms with Gasteiger partial charge in [-0.2, -0.15) is 0 Å². The number of aryl methyl sites for hydroxylation is 2. The van der Waals surface area contributed by atoms with Crippen LogP contribution in [0.25, 0.3) is 0 Å². The molecule has 0 bridgehead atoms. The zero-order chi connectivity index (χ0) is 27.6. The van der Waals surface area contributed by atoms with Gasteiger partial charge in [0.1, 0.15) is 5.75 Å². The van der Waals surface area contributed by atoms with E-state index in [-0.39, 0.29) is 12.4 Å². The van der Waals surface area contributed by atoms with Crippen LogP contribution in [0.5, 0.6) is 17.2 Å². The first-order valence-corrected chi connectivity index (χ1v) is 19.2. The average Bonchev–Trinajstić information content (AvgIpc) is 2.79. The Balaban J connectivity index is 1.85. The summed E-state index contributed by atoms with van der Waals surface area (Å²) in [5, 5.41) is 9.58. The number of hydrogen-bond acceptors (Lipinski definition) is 7.